The predicted molar refractivity (Wildman–Crippen MR) is 95.4 cm³/mol. The van der Waals surface area contributed by atoms with Crippen molar-refractivity contribution in [2.45, 2.75) is 39.3 Å². The minimum absolute atomic E-state index is 0.0559. The lowest BCUT2D eigenvalue weighted by molar-refractivity contribution is 0.0749. The van der Waals surface area contributed by atoms with Gasteiger partial charge in [-0.2, -0.15) is 10.1 Å². The summed E-state index contributed by atoms with van der Waals surface area (Å²) in [6.07, 6.45) is 1.74. The van der Waals surface area contributed by atoms with Crippen LogP contribution in [0.4, 0.5) is 0 Å². The van der Waals surface area contributed by atoms with E-state index in [0.29, 0.717) is 19.0 Å². The average molecular weight is 343 g/mol. The maximum atomic E-state index is 12.1. The molecule has 7 nitrogen and oxygen atoms in total. The van der Waals surface area contributed by atoms with Gasteiger partial charge in [0.25, 0.3) is 5.56 Å². The molecule has 0 aromatic carbocycles. The second-order valence-corrected chi connectivity index (χ2v) is 7.86. The molecule has 0 aliphatic carbocycles. The Morgan fingerprint density at radius 1 is 1.16 bits per heavy atom. The fourth-order valence-electron chi connectivity index (χ4n) is 2.96. The van der Waals surface area contributed by atoms with Crippen LogP contribution in [0.5, 0.6) is 0 Å². The van der Waals surface area contributed by atoms with E-state index in [2.05, 4.69) is 35.8 Å². The normalized spacial score (nSPS) is 16.0. The number of aryl methyl sites for hydroxylation is 1. The van der Waals surface area contributed by atoms with Crippen LogP contribution in [0, 0.1) is 5.92 Å². The Labute approximate surface area is 146 Å². The van der Waals surface area contributed by atoms with Crippen molar-refractivity contribution >= 4 is 0 Å². The quantitative estimate of drug-likeness (QED) is 0.820. The summed E-state index contributed by atoms with van der Waals surface area (Å²) in [5.41, 5.74) is 1.34. The molecule has 3 heterocycles. The fraction of sp³-hybridized carbons (Fsp3) is 0.556. The second-order valence-electron chi connectivity index (χ2n) is 7.86. The van der Waals surface area contributed by atoms with Gasteiger partial charge in [-0.25, -0.2) is 9.48 Å². The monoisotopic (exact) mass is 343 g/mol. The molecular weight excluding hydrogens is 318 g/mol. The van der Waals surface area contributed by atoms with Crippen molar-refractivity contribution in [2.24, 2.45) is 13.0 Å². The summed E-state index contributed by atoms with van der Waals surface area (Å²) in [5.74, 6) is 0.395. The summed E-state index contributed by atoms with van der Waals surface area (Å²) in [5, 5.41) is 4.52. The zero-order chi connectivity index (χ0) is 18.2. The van der Waals surface area contributed by atoms with Gasteiger partial charge in [-0.1, -0.05) is 20.8 Å². The van der Waals surface area contributed by atoms with Crippen LogP contribution in [-0.4, -0.2) is 37.3 Å². The van der Waals surface area contributed by atoms with Crippen molar-refractivity contribution in [1.29, 1.82) is 0 Å². The molecule has 0 radical (unpaired) electrons. The Balaban J connectivity index is 1.59. The van der Waals surface area contributed by atoms with Crippen LogP contribution in [0.2, 0.25) is 0 Å². The maximum Gasteiger partial charge on any atom is 0.347 e. The molecule has 1 aliphatic heterocycles. The van der Waals surface area contributed by atoms with Crippen LogP contribution in [-0.2, 0) is 25.6 Å². The van der Waals surface area contributed by atoms with Gasteiger partial charge in [0.15, 0.2) is 0 Å². The molecule has 2 aromatic heterocycles. The van der Waals surface area contributed by atoms with Gasteiger partial charge in [0.05, 0.1) is 17.9 Å². The molecule has 7 heteroatoms. The van der Waals surface area contributed by atoms with Crippen LogP contribution in [0.3, 0.4) is 0 Å². The van der Waals surface area contributed by atoms with Crippen molar-refractivity contribution in [3.63, 3.8) is 0 Å². The summed E-state index contributed by atoms with van der Waals surface area (Å²) in [6, 6.07) is 5.29. The number of rotatable bonds is 4. The highest BCUT2D eigenvalue weighted by molar-refractivity contribution is 5.10. The molecule has 0 saturated carbocycles. The van der Waals surface area contributed by atoms with Gasteiger partial charge in [-0.15, -0.1) is 0 Å². The van der Waals surface area contributed by atoms with E-state index in [0.717, 1.165) is 24.5 Å². The summed E-state index contributed by atoms with van der Waals surface area (Å²) >= 11 is 0. The number of hydrogen-bond acceptors (Lipinski definition) is 5. The standard InChI is InChI=1S/C18H25N5O2/c1-18(2,3)15-5-6-16(24)23(20-15)11-13-9-22(10-13)12-14-7-8-21(4)17(25)19-14/h5-8,13H,9-12H2,1-4H3. The van der Waals surface area contributed by atoms with E-state index >= 15 is 0 Å². The third-order valence-corrected chi connectivity index (χ3v) is 4.52. The summed E-state index contributed by atoms with van der Waals surface area (Å²) < 4.78 is 3.04. The first-order chi connectivity index (χ1) is 11.7. The number of nitrogens with zero attached hydrogens (tertiary/aromatic N) is 5. The molecule has 1 fully saturated rings. The van der Waals surface area contributed by atoms with Gasteiger partial charge in [-0.05, 0) is 12.1 Å². The molecule has 25 heavy (non-hydrogen) atoms. The Bertz CT molecular complexity index is 872. The van der Waals surface area contributed by atoms with Crippen molar-refractivity contribution in [1.82, 2.24) is 24.2 Å². The molecule has 1 saturated heterocycles. The fourth-order valence-corrected chi connectivity index (χ4v) is 2.96. The summed E-state index contributed by atoms with van der Waals surface area (Å²) in [7, 11) is 1.69. The van der Waals surface area contributed by atoms with Crippen LogP contribution in [0.1, 0.15) is 32.2 Å². The van der Waals surface area contributed by atoms with Crippen molar-refractivity contribution in [3.8, 4) is 0 Å². The van der Waals surface area contributed by atoms with Crippen LogP contribution < -0.4 is 11.2 Å². The van der Waals surface area contributed by atoms with Crippen molar-refractivity contribution in [2.75, 3.05) is 13.1 Å². The largest absolute Gasteiger partial charge is 0.347 e. The molecule has 0 spiro atoms. The predicted octanol–water partition coefficient (Wildman–Crippen LogP) is 0.766. The Morgan fingerprint density at radius 3 is 2.52 bits per heavy atom. The van der Waals surface area contributed by atoms with Gasteiger partial charge in [0, 0.05) is 50.3 Å². The second kappa shape index (κ2) is 6.55. The van der Waals surface area contributed by atoms with Crippen LogP contribution in [0.15, 0.2) is 34.0 Å². The highest BCUT2D eigenvalue weighted by Crippen LogP contribution is 2.20. The van der Waals surface area contributed by atoms with Gasteiger partial charge in [0.1, 0.15) is 0 Å². The highest BCUT2D eigenvalue weighted by atomic mass is 16.1. The highest BCUT2D eigenvalue weighted by Gasteiger charge is 2.28. The molecule has 0 bridgehead atoms. The van der Waals surface area contributed by atoms with Gasteiger partial charge < -0.3 is 4.57 Å². The zero-order valence-electron chi connectivity index (χ0n) is 15.3. The summed E-state index contributed by atoms with van der Waals surface area (Å²) in [4.78, 5) is 29.9. The minimum atomic E-state index is -0.232. The third kappa shape index (κ3) is 4.04. The van der Waals surface area contributed by atoms with E-state index in [1.54, 1.807) is 24.0 Å². The number of hydrogen-bond donors (Lipinski definition) is 0. The first-order valence-electron chi connectivity index (χ1n) is 8.56. The Hall–Kier alpha value is -2.28. The van der Waals surface area contributed by atoms with E-state index in [1.165, 1.54) is 4.57 Å². The van der Waals surface area contributed by atoms with Gasteiger partial charge in [-0.3, -0.25) is 9.69 Å². The maximum absolute atomic E-state index is 12.1. The third-order valence-electron chi connectivity index (χ3n) is 4.52. The first kappa shape index (κ1) is 17.5. The molecule has 2 aromatic rings. The lowest BCUT2D eigenvalue weighted by atomic mass is 9.92. The average Bonchev–Trinajstić information content (AvgIpc) is 2.49. The van der Waals surface area contributed by atoms with E-state index < -0.39 is 0 Å². The van der Waals surface area contributed by atoms with E-state index in [4.69, 9.17) is 0 Å². The molecule has 0 N–H and O–H groups in total. The lowest BCUT2D eigenvalue weighted by Gasteiger charge is -2.39. The Kier molecular flexibility index (Phi) is 4.60. The molecule has 0 unspecified atom stereocenters. The van der Waals surface area contributed by atoms with E-state index in [1.807, 2.05) is 12.1 Å². The molecule has 3 rings (SSSR count). The summed E-state index contributed by atoms with van der Waals surface area (Å²) in [6.45, 7) is 9.32. The SMILES string of the molecule is Cn1ccc(CN2CC(Cn3nc(C(C)(C)C)ccc3=O)C2)nc1=O. The van der Waals surface area contributed by atoms with E-state index in [-0.39, 0.29) is 16.7 Å². The van der Waals surface area contributed by atoms with Crippen LogP contribution >= 0.6 is 0 Å². The molecular formula is C18H25N5O2. The Morgan fingerprint density at radius 2 is 1.88 bits per heavy atom. The smallest absolute Gasteiger partial charge is 0.302 e. The van der Waals surface area contributed by atoms with Gasteiger partial charge >= 0.3 is 5.69 Å². The zero-order valence-corrected chi connectivity index (χ0v) is 15.3. The molecule has 0 atom stereocenters. The van der Waals surface area contributed by atoms with Crippen LogP contribution in [0.25, 0.3) is 0 Å². The topological polar surface area (TPSA) is 73.0 Å². The first-order valence-corrected chi connectivity index (χ1v) is 8.56. The van der Waals surface area contributed by atoms with Gasteiger partial charge in [0.2, 0.25) is 0 Å². The van der Waals surface area contributed by atoms with Crippen molar-refractivity contribution in [3.05, 3.63) is 56.6 Å². The molecule has 0 amide bonds. The number of likely N-dealkylation sites (tertiary alicyclic amines) is 1. The minimum Gasteiger partial charge on any atom is -0.302 e. The molecule has 134 valence electrons. The lowest BCUT2D eigenvalue weighted by Crippen LogP contribution is -2.49. The van der Waals surface area contributed by atoms with E-state index in [9.17, 15) is 9.59 Å². The number of aromatic nitrogens is 4. The molecule has 1 aliphatic rings. The van der Waals surface area contributed by atoms with Crippen molar-refractivity contribution < 1.29 is 0 Å².